The number of nitrogens with zero attached hydrogens (tertiary/aromatic N) is 3. The summed E-state index contributed by atoms with van der Waals surface area (Å²) in [6.45, 7) is 8.11. The molecular formula is C22H26N4O3. The molecule has 2 aromatic heterocycles. The van der Waals surface area contributed by atoms with Gasteiger partial charge in [-0.1, -0.05) is 38.5 Å². The molecule has 3 aromatic rings. The Morgan fingerprint density at radius 2 is 1.86 bits per heavy atom. The summed E-state index contributed by atoms with van der Waals surface area (Å²) in [7, 11) is 1.56. The van der Waals surface area contributed by atoms with Gasteiger partial charge >= 0.3 is 0 Å². The molecule has 0 spiro atoms. The fourth-order valence-electron chi connectivity index (χ4n) is 2.78. The zero-order valence-electron chi connectivity index (χ0n) is 17.4. The van der Waals surface area contributed by atoms with E-state index in [-0.39, 0.29) is 29.5 Å². The third-order valence-electron chi connectivity index (χ3n) is 4.48. The molecule has 2 heterocycles. The molecule has 7 heteroatoms. The third kappa shape index (κ3) is 4.74. The number of amides is 2. The number of hydrogen-bond donors (Lipinski definition) is 1. The maximum absolute atomic E-state index is 12.6. The Bertz CT molecular complexity index is 996. The van der Waals surface area contributed by atoms with Crippen molar-refractivity contribution < 1.29 is 14.0 Å². The Balaban J connectivity index is 1.81. The highest BCUT2D eigenvalue weighted by Gasteiger charge is 2.23. The fourth-order valence-corrected chi connectivity index (χ4v) is 2.78. The molecule has 0 aliphatic carbocycles. The summed E-state index contributed by atoms with van der Waals surface area (Å²) < 4.78 is 6.82. The number of rotatable bonds is 5. The van der Waals surface area contributed by atoms with E-state index in [1.165, 1.54) is 11.2 Å². The minimum absolute atomic E-state index is 0.108. The van der Waals surface area contributed by atoms with Gasteiger partial charge in [-0.05, 0) is 31.2 Å². The molecule has 0 unspecified atom stereocenters. The highest BCUT2D eigenvalue weighted by Crippen LogP contribution is 2.26. The summed E-state index contributed by atoms with van der Waals surface area (Å²) in [5.74, 6) is 0.0799. The SMILES string of the molecule is Cc1ccc(-n2nc(C(C)(C)C)cc2NC(=O)CN(C)C(=O)c2ccco2)cc1. The second-order valence-corrected chi connectivity index (χ2v) is 8.10. The molecule has 1 N–H and O–H groups in total. The Morgan fingerprint density at radius 3 is 2.45 bits per heavy atom. The van der Waals surface area contributed by atoms with Crippen molar-refractivity contribution >= 4 is 17.6 Å². The van der Waals surface area contributed by atoms with Crippen LogP contribution in [0.15, 0.2) is 53.1 Å². The number of furan rings is 1. The Hall–Kier alpha value is -3.35. The lowest BCUT2D eigenvalue weighted by Gasteiger charge is -2.16. The molecule has 0 radical (unpaired) electrons. The molecule has 0 saturated heterocycles. The first kappa shape index (κ1) is 20.4. The van der Waals surface area contributed by atoms with Crippen molar-refractivity contribution in [3.63, 3.8) is 0 Å². The monoisotopic (exact) mass is 394 g/mol. The molecule has 1 aromatic carbocycles. The number of aromatic nitrogens is 2. The van der Waals surface area contributed by atoms with Crippen LogP contribution in [0.4, 0.5) is 5.82 Å². The van der Waals surface area contributed by atoms with Crippen molar-refractivity contribution in [3.05, 3.63) is 65.7 Å². The molecule has 7 nitrogen and oxygen atoms in total. The van der Waals surface area contributed by atoms with Gasteiger partial charge < -0.3 is 14.6 Å². The van der Waals surface area contributed by atoms with Crippen LogP contribution in [0.5, 0.6) is 0 Å². The summed E-state index contributed by atoms with van der Waals surface area (Å²) in [4.78, 5) is 26.2. The first-order chi connectivity index (χ1) is 13.6. The quantitative estimate of drug-likeness (QED) is 0.714. The van der Waals surface area contributed by atoms with Gasteiger partial charge in [0.1, 0.15) is 12.4 Å². The van der Waals surface area contributed by atoms with E-state index in [1.54, 1.807) is 23.9 Å². The van der Waals surface area contributed by atoms with E-state index in [1.807, 2.05) is 37.3 Å². The van der Waals surface area contributed by atoms with E-state index in [0.717, 1.165) is 16.9 Å². The predicted molar refractivity (Wildman–Crippen MR) is 111 cm³/mol. The Labute approximate surface area is 170 Å². The summed E-state index contributed by atoms with van der Waals surface area (Å²) in [5.41, 5.74) is 2.66. The van der Waals surface area contributed by atoms with Gasteiger partial charge in [0.05, 0.1) is 17.6 Å². The van der Waals surface area contributed by atoms with Gasteiger partial charge in [0.2, 0.25) is 5.91 Å². The second kappa shape index (κ2) is 7.95. The van der Waals surface area contributed by atoms with Crippen LogP contribution in [0, 0.1) is 6.92 Å². The molecule has 152 valence electrons. The van der Waals surface area contributed by atoms with Gasteiger partial charge in [-0.3, -0.25) is 9.59 Å². The van der Waals surface area contributed by atoms with Crippen LogP contribution in [-0.4, -0.2) is 40.1 Å². The van der Waals surface area contributed by atoms with Gasteiger partial charge in [0.15, 0.2) is 5.76 Å². The average molecular weight is 394 g/mol. The number of nitrogens with one attached hydrogen (secondary N) is 1. The third-order valence-corrected chi connectivity index (χ3v) is 4.48. The molecular weight excluding hydrogens is 368 g/mol. The molecule has 0 aliphatic heterocycles. The lowest BCUT2D eigenvalue weighted by atomic mass is 9.92. The number of benzene rings is 1. The zero-order chi connectivity index (χ0) is 21.2. The van der Waals surface area contributed by atoms with Crippen molar-refractivity contribution in [1.29, 1.82) is 0 Å². The van der Waals surface area contributed by atoms with Crippen molar-refractivity contribution in [2.45, 2.75) is 33.1 Å². The summed E-state index contributed by atoms with van der Waals surface area (Å²) in [6, 6.07) is 13.0. The van der Waals surface area contributed by atoms with E-state index >= 15 is 0 Å². The molecule has 0 aliphatic rings. The van der Waals surface area contributed by atoms with Crippen LogP contribution in [-0.2, 0) is 10.2 Å². The van der Waals surface area contributed by atoms with Crippen LogP contribution in [0.25, 0.3) is 5.69 Å². The van der Waals surface area contributed by atoms with Gasteiger partial charge in [-0.2, -0.15) is 5.10 Å². The van der Waals surface area contributed by atoms with Crippen LogP contribution < -0.4 is 5.32 Å². The maximum atomic E-state index is 12.6. The van der Waals surface area contributed by atoms with Crippen LogP contribution >= 0.6 is 0 Å². The fraction of sp³-hybridized carbons (Fsp3) is 0.318. The highest BCUT2D eigenvalue weighted by atomic mass is 16.3. The van der Waals surface area contributed by atoms with Gasteiger partial charge in [-0.15, -0.1) is 0 Å². The second-order valence-electron chi connectivity index (χ2n) is 8.10. The minimum atomic E-state index is -0.354. The number of hydrogen-bond acceptors (Lipinski definition) is 4. The van der Waals surface area contributed by atoms with Gasteiger partial charge in [-0.25, -0.2) is 4.68 Å². The number of likely N-dealkylation sites (N-methyl/N-ethyl adjacent to an activating group) is 1. The number of aryl methyl sites for hydroxylation is 1. The Morgan fingerprint density at radius 1 is 1.17 bits per heavy atom. The molecule has 3 rings (SSSR count). The molecule has 0 saturated carbocycles. The van der Waals surface area contributed by atoms with Crippen molar-refractivity contribution in [2.75, 3.05) is 18.9 Å². The van der Waals surface area contributed by atoms with Gasteiger partial charge in [0, 0.05) is 18.5 Å². The van der Waals surface area contributed by atoms with Crippen molar-refractivity contribution in [2.24, 2.45) is 0 Å². The first-order valence-corrected chi connectivity index (χ1v) is 9.41. The van der Waals surface area contributed by atoms with E-state index in [4.69, 9.17) is 9.52 Å². The lowest BCUT2D eigenvalue weighted by Crippen LogP contribution is -2.35. The van der Waals surface area contributed by atoms with Crippen LogP contribution in [0.3, 0.4) is 0 Å². The first-order valence-electron chi connectivity index (χ1n) is 9.41. The Kier molecular flexibility index (Phi) is 5.59. The zero-order valence-corrected chi connectivity index (χ0v) is 17.4. The topological polar surface area (TPSA) is 80.4 Å². The summed E-state index contributed by atoms with van der Waals surface area (Å²) in [6.07, 6.45) is 1.43. The van der Waals surface area contributed by atoms with Crippen molar-refractivity contribution in [1.82, 2.24) is 14.7 Å². The largest absolute Gasteiger partial charge is 0.459 e. The maximum Gasteiger partial charge on any atom is 0.289 e. The normalized spacial score (nSPS) is 11.3. The van der Waals surface area contributed by atoms with E-state index in [0.29, 0.717) is 5.82 Å². The summed E-state index contributed by atoms with van der Waals surface area (Å²) >= 11 is 0. The van der Waals surface area contributed by atoms with Crippen LogP contribution in [0.2, 0.25) is 0 Å². The van der Waals surface area contributed by atoms with Crippen molar-refractivity contribution in [3.8, 4) is 5.69 Å². The van der Waals surface area contributed by atoms with E-state index < -0.39 is 0 Å². The lowest BCUT2D eigenvalue weighted by molar-refractivity contribution is -0.116. The standard InChI is InChI=1S/C22H26N4O3/c1-15-8-10-16(11-9-15)26-19(13-18(24-26)22(2,3)4)23-20(27)14-25(5)21(28)17-7-6-12-29-17/h6-13H,14H2,1-5H3,(H,23,27). The highest BCUT2D eigenvalue weighted by molar-refractivity contribution is 5.97. The number of carbonyl (C=O) groups excluding carboxylic acids is 2. The predicted octanol–water partition coefficient (Wildman–Crippen LogP) is 3.78. The molecule has 29 heavy (non-hydrogen) atoms. The minimum Gasteiger partial charge on any atom is -0.459 e. The summed E-state index contributed by atoms with van der Waals surface area (Å²) in [5, 5.41) is 7.58. The van der Waals surface area contributed by atoms with Crippen LogP contribution in [0.1, 0.15) is 42.6 Å². The van der Waals surface area contributed by atoms with E-state index in [2.05, 4.69) is 26.1 Å². The smallest absolute Gasteiger partial charge is 0.289 e. The molecule has 0 bridgehead atoms. The van der Waals surface area contributed by atoms with E-state index in [9.17, 15) is 9.59 Å². The van der Waals surface area contributed by atoms with Gasteiger partial charge in [0.25, 0.3) is 5.91 Å². The number of anilines is 1. The average Bonchev–Trinajstić information content (AvgIpc) is 3.31. The molecule has 0 fully saturated rings. The molecule has 0 atom stereocenters. The number of carbonyl (C=O) groups is 2. The molecule has 2 amide bonds.